The number of rotatable bonds is 3. The van der Waals surface area contributed by atoms with Gasteiger partial charge in [0.25, 0.3) is 17.7 Å². The Labute approximate surface area is 288 Å². The number of benzene rings is 4. The molecule has 3 aliphatic heterocycles. The zero-order valence-electron chi connectivity index (χ0n) is 27.8. The fraction of sp³-hybridized carbons (Fsp3) is 0.243. The van der Waals surface area contributed by atoms with E-state index in [1.54, 1.807) is 60.5 Å². The van der Waals surface area contributed by atoms with Gasteiger partial charge in [0.1, 0.15) is 11.9 Å². The van der Waals surface area contributed by atoms with E-state index in [0.29, 0.717) is 34.2 Å². The molecule has 0 saturated carbocycles. The highest BCUT2D eigenvalue weighted by molar-refractivity contribution is 5.97. The Morgan fingerprint density at radius 1 is 0.940 bits per heavy atom. The van der Waals surface area contributed by atoms with E-state index in [0.717, 1.165) is 27.8 Å². The highest BCUT2D eigenvalue weighted by Crippen LogP contribution is 2.32. The summed E-state index contributed by atoms with van der Waals surface area (Å²) in [6.45, 7) is 2.48. The van der Waals surface area contributed by atoms with E-state index in [9.17, 15) is 14.4 Å². The van der Waals surface area contributed by atoms with Crippen molar-refractivity contribution < 1.29 is 28.6 Å². The molecule has 4 heterocycles. The van der Waals surface area contributed by atoms with Crippen LogP contribution in [0, 0.1) is 6.92 Å². The molecule has 13 nitrogen and oxygen atoms in total. The summed E-state index contributed by atoms with van der Waals surface area (Å²) in [6.07, 6.45) is -0.602. The number of nitrogens with zero attached hydrogens (tertiary/aromatic N) is 5. The van der Waals surface area contributed by atoms with Crippen molar-refractivity contribution in [3.05, 3.63) is 107 Å². The van der Waals surface area contributed by atoms with Crippen LogP contribution in [-0.4, -0.2) is 81.8 Å². The lowest BCUT2D eigenvalue weighted by atomic mass is 9.97. The van der Waals surface area contributed by atoms with Crippen LogP contribution >= 0.6 is 0 Å². The predicted molar refractivity (Wildman–Crippen MR) is 183 cm³/mol. The van der Waals surface area contributed by atoms with Gasteiger partial charge in [-0.05, 0) is 82.9 Å². The first kappa shape index (κ1) is 32.3. The second-order valence-electron chi connectivity index (χ2n) is 12.2. The van der Waals surface area contributed by atoms with Crippen LogP contribution in [0.4, 0.5) is 0 Å². The van der Waals surface area contributed by atoms with Crippen LogP contribution in [0.25, 0.3) is 22.5 Å². The molecule has 0 radical (unpaired) electrons. The van der Waals surface area contributed by atoms with Crippen LogP contribution in [0.1, 0.15) is 31.8 Å². The minimum absolute atomic E-state index is 0.162. The Balaban J connectivity index is 1.20. The third-order valence-electron chi connectivity index (χ3n) is 8.78. The maximum absolute atomic E-state index is 13.9. The van der Waals surface area contributed by atoms with E-state index in [1.807, 2.05) is 43.3 Å². The first-order valence-electron chi connectivity index (χ1n) is 16.1. The lowest BCUT2D eigenvalue weighted by Gasteiger charge is -2.23. The Morgan fingerprint density at radius 2 is 1.76 bits per heavy atom. The first-order chi connectivity index (χ1) is 24.2. The van der Waals surface area contributed by atoms with Gasteiger partial charge in [-0.25, -0.2) is 0 Å². The Morgan fingerprint density at radius 3 is 2.54 bits per heavy atom. The number of hydrogen-bond acceptors (Lipinski definition) is 9. The molecule has 2 atom stereocenters. The molecule has 1 saturated heterocycles. The van der Waals surface area contributed by atoms with Gasteiger partial charge in [-0.15, -0.1) is 10.2 Å². The topological polar surface area (TPSA) is 150 Å². The van der Waals surface area contributed by atoms with Crippen molar-refractivity contribution in [1.29, 1.82) is 0 Å². The van der Waals surface area contributed by atoms with E-state index >= 15 is 0 Å². The second-order valence-corrected chi connectivity index (χ2v) is 12.2. The van der Waals surface area contributed by atoms with Crippen molar-refractivity contribution in [1.82, 2.24) is 35.7 Å². The third-order valence-corrected chi connectivity index (χ3v) is 8.78. The molecule has 0 spiro atoms. The van der Waals surface area contributed by atoms with Crippen molar-refractivity contribution in [2.75, 3.05) is 26.8 Å². The average Bonchev–Trinajstić information content (AvgIpc) is 3.75. The van der Waals surface area contributed by atoms with Gasteiger partial charge in [0.05, 0.1) is 26.7 Å². The van der Waals surface area contributed by atoms with Crippen LogP contribution < -0.4 is 24.8 Å². The molecule has 13 heteroatoms. The Hall–Kier alpha value is -6.24. The quantitative estimate of drug-likeness (QED) is 0.293. The number of hydrogen-bond donors (Lipinski definition) is 2. The fourth-order valence-electron chi connectivity index (χ4n) is 6.10. The highest BCUT2D eigenvalue weighted by Gasteiger charge is 2.39. The lowest BCUT2D eigenvalue weighted by molar-refractivity contribution is -0.123. The van der Waals surface area contributed by atoms with E-state index in [-0.39, 0.29) is 44.0 Å². The zero-order chi connectivity index (χ0) is 34.8. The maximum Gasteiger partial charge on any atom is 0.258 e. The predicted octanol–water partition coefficient (Wildman–Crippen LogP) is 3.57. The molecule has 8 rings (SSSR count). The molecule has 50 heavy (non-hydrogen) atoms. The monoisotopic (exact) mass is 673 g/mol. The summed E-state index contributed by atoms with van der Waals surface area (Å²) in [5, 5.41) is 18.2. The third kappa shape index (κ3) is 6.83. The van der Waals surface area contributed by atoms with Crippen molar-refractivity contribution in [2.45, 2.75) is 25.6 Å². The van der Waals surface area contributed by atoms with Crippen LogP contribution in [-0.2, 0) is 18.4 Å². The van der Waals surface area contributed by atoms with Gasteiger partial charge in [-0.1, -0.05) is 36.4 Å². The summed E-state index contributed by atoms with van der Waals surface area (Å²) in [5.41, 5.74) is 5.10. The van der Waals surface area contributed by atoms with E-state index < -0.39 is 12.1 Å². The van der Waals surface area contributed by atoms with Crippen molar-refractivity contribution >= 4 is 17.7 Å². The molecular formula is C37H35N7O6. The number of tetrazole rings is 1. The van der Waals surface area contributed by atoms with Crippen LogP contribution in [0.5, 0.6) is 17.2 Å². The van der Waals surface area contributed by atoms with E-state index in [2.05, 4.69) is 26.0 Å². The van der Waals surface area contributed by atoms with Gasteiger partial charge in [-0.3, -0.25) is 14.4 Å². The van der Waals surface area contributed by atoms with Crippen LogP contribution in [0.3, 0.4) is 0 Å². The highest BCUT2D eigenvalue weighted by atomic mass is 16.5. The number of fused-ring (bicyclic) bond motifs is 7. The van der Waals surface area contributed by atoms with Gasteiger partial charge < -0.3 is 29.7 Å². The molecule has 254 valence electrons. The first-order valence-corrected chi connectivity index (χ1v) is 16.1. The van der Waals surface area contributed by atoms with Gasteiger partial charge in [-0.2, -0.15) is 4.80 Å². The van der Waals surface area contributed by atoms with E-state index in [4.69, 9.17) is 14.2 Å². The summed E-state index contributed by atoms with van der Waals surface area (Å²) in [5.74, 6) is 1.08. The van der Waals surface area contributed by atoms with Gasteiger partial charge in [0.2, 0.25) is 5.82 Å². The number of aromatic nitrogens is 4. The van der Waals surface area contributed by atoms with Crippen molar-refractivity contribution in [3.63, 3.8) is 0 Å². The van der Waals surface area contributed by atoms with E-state index in [1.165, 1.54) is 11.9 Å². The molecule has 3 aliphatic rings. The number of carbonyl (C=O) groups is 3. The van der Waals surface area contributed by atoms with Gasteiger partial charge in [0, 0.05) is 29.8 Å². The number of ether oxygens (including phenoxy) is 3. The number of nitrogens with one attached hydrogen (secondary N) is 2. The number of aryl methyl sites for hydroxylation is 2. The summed E-state index contributed by atoms with van der Waals surface area (Å²) >= 11 is 0. The number of amides is 3. The number of methoxy groups -OCH3 is 1. The Kier molecular flexibility index (Phi) is 8.86. The molecule has 5 aromatic rings. The molecule has 6 bridgehead atoms. The smallest absolute Gasteiger partial charge is 0.258 e. The van der Waals surface area contributed by atoms with Crippen LogP contribution in [0.2, 0.25) is 0 Å². The largest absolute Gasteiger partial charge is 0.493 e. The summed E-state index contributed by atoms with van der Waals surface area (Å²) < 4.78 is 18.0. The fourth-order valence-corrected chi connectivity index (χ4v) is 6.10. The molecule has 0 aliphatic carbocycles. The number of carbonyl (C=O) groups excluding carboxylic acids is 3. The van der Waals surface area contributed by atoms with Gasteiger partial charge in [0.15, 0.2) is 18.1 Å². The molecule has 2 N–H and O–H groups in total. The van der Waals surface area contributed by atoms with Gasteiger partial charge >= 0.3 is 0 Å². The summed E-state index contributed by atoms with van der Waals surface area (Å²) in [6, 6.07) is 24.7. The minimum atomic E-state index is -0.602. The number of likely N-dealkylation sites (tertiary alicyclic amines) is 1. The van der Waals surface area contributed by atoms with Crippen LogP contribution in [0.15, 0.2) is 84.9 Å². The molecule has 4 aromatic carbocycles. The lowest BCUT2D eigenvalue weighted by Crippen LogP contribution is -2.45. The average molecular weight is 674 g/mol. The maximum atomic E-state index is 13.9. The molecule has 1 aromatic heterocycles. The summed E-state index contributed by atoms with van der Waals surface area (Å²) in [4.78, 5) is 43.4. The molecule has 3 amide bonds. The molecule has 0 unspecified atom stereocenters. The SMILES string of the molecule is COc1cc2ccc1O[C@H]1CN(C(=O)c3ccc(-c4nnn(C)n4)cc3)C[C@@H]1NC(=O)c1ccc(C)c(c1)-c1cccc(c1)OCC(=O)NC2. The minimum Gasteiger partial charge on any atom is -0.493 e. The normalized spacial score (nSPS) is 17.5. The molecule has 1 fully saturated rings. The standard InChI is InChI=1S/C37H35N7O6/c1-22-7-9-27-17-29(22)26-5-4-6-28(16-26)49-21-34(45)38-18-23-8-14-31(32(15-23)48-3)50-33-20-44(19-30(33)39-36(27)46)37(47)25-12-10-24(11-13-25)35-40-42-43(2)41-35/h4-17,30,33H,18-21H2,1-3H3,(H,38,45)(H,39,46)/t30-,33-/m0/s1. The summed E-state index contributed by atoms with van der Waals surface area (Å²) in [7, 11) is 3.22. The molecular weight excluding hydrogens is 638 g/mol. The van der Waals surface area contributed by atoms with Crippen molar-refractivity contribution in [2.24, 2.45) is 7.05 Å². The zero-order valence-corrected chi connectivity index (χ0v) is 27.8. The van der Waals surface area contributed by atoms with Crippen molar-refractivity contribution in [3.8, 4) is 39.8 Å². The Bertz CT molecular complexity index is 2080. The second kappa shape index (κ2) is 13.7.